The Morgan fingerprint density at radius 1 is 0.690 bits per heavy atom. The number of nitrogens with one attached hydrogen (secondary N) is 4. The van der Waals surface area contributed by atoms with Crippen LogP contribution in [0.4, 0.5) is 5.69 Å². The molecule has 0 amide bonds. The summed E-state index contributed by atoms with van der Waals surface area (Å²) in [5, 5.41) is 15.3. The summed E-state index contributed by atoms with van der Waals surface area (Å²) in [5.74, 6) is 0.0197. The van der Waals surface area contributed by atoms with Crippen molar-refractivity contribution >= 4 is 5.69 Å². The van der Waals surface area contributed by atoms with Crippen LogP contribution >= 0.6 is 0 Å². The van der Waals surface area contributed by atoms with Gasteiger partial charge in [-0.15, -0.1) is 0 Å². The second kappa shape index (κ2) is 12.1. The highest BCUT2D eigenvalue weighted by atomic mass is 15.0. The summed E-state index contributed by atoms with van der Waals surface area (Å²) < 4.78 is 0. The van der Waals surface area contributed by atoms with E-state index in [2.05, 4.69) is 20.5 Å². The zero-order valence-electron chi connectivity index (χ0n) is 16.9. The number of anilines is 1. The number of hydrogen-bond donors (Lipinski definition) is 5. The third-order valence-electron chi connectivity index (χ3n) is 6.03. The van der Waals surface area contributed by atoms with E-state index in [0.29, 0.717) is 18.5 Å². The van der Waals surface area contributed by atoms with Gasteiger partial charge in [-0.3, -0.25) is 0 Å². The van der Waals surface area contributed by atoms with Crippen LogP contribution in [-0.2, 0) is 0 Å². The Morgan fingerprint density at radius 3 is 1.79 bits per heavy atom. The first-order chi connectivity index (χ1) is 14.1. The summed E-state index contributed by atoms with van der Waals surface area (Å²) in [7, 11) is 0. The van der Waals surface area contributed by atoms with E-state index < -0.39 is 0 Å². The van der Waals surface area contributed by atoms with E-state index in [-0.39, 0.29) is 30.1 Å². The van der Waals surface area contributed by atoms with E-state index in [4.69, 9.17) is 27.9 Å². The Labute approximate surface area is 172 Å². The van der Waals surface area contributed by atoms with Gasteiger partial charge in [0, 0.05) is 11.6 Å². The van der Waals surface area contributed by atoms with Gasteiger partial charge in [-0.2, -0.15) is 20.5 Å². The van der Waals surface area contributed by atoms with Gasteiger partial charge in [0.05, 0.1) is 24.2 Å². The second-order valence-electron chi connectivity index (χ2n) is 7.98. The number of hydrogen-bond acceptors (Lipinski definition) is 9. The van der Waals surface area contributed by atoms with Crippen molar-refractivity contribution in [3.05, 3.63) is 29.8 Å². The van der Waals surface area contributed by atoms with Crippen molar-refractivity contribution in [2.24, 2.45) is 20.5 Å². The first kappa shape index (κ1) is 22.7. The minimum atomic E-state index is -0.202. The van der Waals surface area contributed by atoms with E-state index in [1.165, 1.54) is 0 Å². The van der Waals surface area contributed by atoms with Crippen molar-refractivity contribution in [3.8, 4) is 0 Å². The lowest BCUT2D eigenvalue weighted by Gasteiger charge is -2.26. The predicted molar refractivity (Wildman–Crippen MR) is 111 cm³/mol. The fourth-order valence-electron chi connectivity index (χ4n) is 4.26. The van der Waals surface area contributed by atoms with Gasteiger partial charge in [0.25, 0.3) is 0 Å². The Morgan fingerprint density at radius 2 is 1.24 bits per heavy atom. The number of nitrogens with two attached hydrogens (primary N) is 1. The molecule has 0 bridgehead atoms. The average molecular weight is 400 g/mol. The third kappa shape index (κ3) is 7.07. The zero-order chi connectivity index (χ0) is 21.1. The van der Waals surface area contributed by atoms with Gasteiger partial charge in [-0.1, -0.05) is 12.1 Å². The zero-order valence-corrected chi connectivity index (χ0v) is 16.9. The molecule has 1 aromatic rings. The molecule has 0 aliphatic heterocycles. The van der Waals surface area contributed by atoms with E-state index >= 15 is 0 Å². The Kier molecular flexibility index (Phi) is 9.46. The monoisotopic (exact) mass is 399 g/mol. The molecule has 1 saturated carbocycles. The second-order valence-corrected chi connectivity index (χ2v) is 7.98. The molecule has 0 heterocycles. The molecule has 0 spiro atoms. The highest BCUT2D eigenvalue weighted by molar-refractivity contribution is 5.42. The highest BCUT2D eigenvalue weighted by Gasteiger charge is 2.26. The molecule has 1 fully saturated rings. The first-order valence-electron chi connectivity index (χ1n) is 10.4. The van der Waals surface area contributed by atoms with Crippen molar-refractivity contribution in [1.82, 2.24) is 0 Å². The smallest absolute Gasteiger partial charge is 0.0774 e. The lowest BCUT2D eigenvalue weighted by molar-refractivity contribution is 0.364. The normalized spacial score (nSPS) is 29.9. The summed E-state index contributed by atoms with van der Waals surface area (Å²) in [6, 6.07) is 7.31. The van der Waals surface area contributed by atoms with Gasteiger partial charge in [0.15, 0.2) is 0 Å². The predicted octanol–water partition coefficient (Wildman–Crippen LogP) is 6.48. The third-order valence-corrected chi connectivity index (χ3v) is 6.03. The SMILES string of the molecule is N=NC1CCCC(N=N)CCC(N=N)C(c2cccc(N)c2)CCC(N=N)CC1. The molecule has 158 valence electrons. The molecule has 9 nitrogen and oxygen atoms in total. The molecule has 1 aliphatic rings. The van der Waals surface area contributed by atoms with E-state index in [1.807, 2.05) is 24.3 Å². The summed E-state index contributed by atoms with van der Waals surface area (Å²) in [4.78, 5) is 0. The Hall–Kier alpha value is -2.58. The average Bonchev–Trinajstić information content (AvgIpc) is 2.74. The first-order valence-corrected chi connectivity index (χ1v) is 10.4. The Balaban J connectivity index is 2.25. The molecule has 0 saturated heterocycles. The minimum Gasteiger partial charge on any atom is -0.399 e. The van der Waals surface area contributed by atoms with Crippen LogP contribution in [0.1, 0.15) is 69.3 Å². The Bertz CT molecular complexity index is 678. The maximum atomic E-state index is 7.79. The van der Waals surface area contributed by atoms with Crippen LogP contribution in [0.15, 0.2) is 44.7 Å². The molecule has 5 atom stereocenters. The van der Waals surface area contributed by atoms with Crippen LogP contribution in [0, 0.1) is 22.1 Å². The van der Waals surface area contributed by atoms with Crippen molar-refractivity contribution in [2.45, 2.75) is 87.9 Å². The number of rotatable bonds is 5. The summed E-state index contributed by atoms with van der Waals surface area (Å²) >= 11 is 0. The van der Waals surface area contributed by atoms with Crippen LogP contribution in [0.3, 0.4) is 0 Å². The number of benzene rings is 1. The van der Waals surface area contributed by atoms with Crippen LogP contribution < -0.4 is 5.73 Å². The fourth-order valence-corrected chi connectivity index (χ4v) is 4.26. The van der Waals surface area contributed by atoms with Crippen LogP contribution in [0.5, 0.6) is 0 Å². The van der Waals surface area contributed by atoms with Gasteiger partial charge in [-0.25, -0.2) is 22.1 Å². The largest absolute Gasteiger partial charge is 0.399 e. The molecule has 29 heavy (non-hydrogen) atoms. The lowest BCUT2D eigenvalue weighted by atomic mass is 9.82. The minimum absolute atomic E-state index is 0.0197. The lowest BCUT2D eigenvalue weighted by Crippen LogP contribution is -2.21. The standard InChI is InChI=1S/C20H33N9/c21-15-4-1-3-14(13-15)19-11-9-18(28-24)8-7-16(26-22)5-2-6-17(27-23)10-12-20(19)29-25/h1,3-4,13,16-20,22-25H,2,5-12,21H2. The van der Waals surface area contributed by atoms with Crippen molar-refractivity contribution in [2.75, 3.05) is 5.73 Å². The maximum absolute atomic E-state index is 7.79. The van der Waals surface area contributed by atoms with Crippen LogP contribution in [0.25, 0.3) is 0 Å². The quantitative estimate of drug-likeness (QED) is 0.277. The molecule has 2 rings (SSSR count). The molecule has 0 aromatic heterocycles. The number of nitrogen functional groups attached to an aromatic ring is 1. The molecule has 1 aromatic carbocycles. The molecular weight excluding hydrogens is 366 g/mol. The van der Waals surface area contributed by atoms with Crippen molar-refractivity contribution < 1.29 is 0 Å². The molecule has 9 heteroatoms. The summed E-state index contributed by atoms with van der Waals surface area (Å²) in [6.45, 7) is 0. The van der Waals surface area contributed by atoms with Crippen molar-refractivity contribution in [1.29, 1.82) is 22.1 Å². The van der Waals surface area contributed by atoms with Gasteiger partial charge in [0.1, 0.15) is 0 Å². The molecule has 0 radical (unpaired) electrons. The highest BCUT2D eigenvalue weighted by Crippen LogP contribution is 2.33. The van der Waals surface area contributed by atoms with Gasteiger partial charge in [0.2, 0.25) is 0 Å². The maximum Gasteiger partial charge on any atom is 0.0774 e. The summed E-state index contributed by atoms with van der Waals surface area (Å²) in [6.07, 6.45) is 6.82. The van der Waals surface area contributed by atoms with E-state index in [9.17, 15) is 0 Å². The van der Waals surface area contributed by atoms with Gasteiger partial charge < -0.3 is 5.73 Å². The molecule has 6 N–H and O–H groups in total. The fraction of sp³-hybridized carbons (Fsp3) is 0.700. The van der Waals surface area contributed by atoms with Gasteiger partial charge in [-0.05, 0) is 75.5 Å². The topological polar surface area (TPSA) is 171 Å². The number of nitrogens with zero attached hydrogens (tertiary/aromatic N) is 4. The van der Waals surface area contributed by atoms with Crippen LogP contribution in [-0.4, -0.2) is 24.2 Å². The molecule has 1 aliphatic carbocycles. The van der Waals surface area contributed by atoms with Gasteiger partial charge >= 0.3 is 0 Å². The molecule has 5 unspecified atom stereocenters. The van der Waals surface area contributed by atoms with Crippen molar-refractivity contribution in [3.63, 3.8) is 0 Å². The van der Waals surface area contributed by atoms with E-state index in [0.717, 1.165) is 50.5 Å². The van der Waals surface area contributed by atoms with E-state index in [1.54, 1.807) is 0 Å². The molecular formula is C20H33N9. The summed E-state index contributed by atoms with van der Waals surface area (Å²) in [5.41, 5.74) is 38.1. The van der Waals surface area contributed by atoms with Crippen LogP contribution in [0.2, 0.25) is 0 Å².